The van der Waals surface area contributed by atoms with E-state index in [2.05, 4.69) is 34.9 Å². The van der Waals surface area contributed by atoms with E-state index in [-0.39, 0.29) is 13.2 Å². The van der Waals surface area contributed by atoms with Crippen molar-refractivity contribution >= 4 is 17.8 Å². The highest BCUT2D eigenvalue weighted by Crippen LogP contribution is 1.82. The topological polar surface area (TPSA) is 95.7 Å². The van der Waals surface area contributed by atoms with Gasteiger partial charge < -0.3 is 15.2 Å². The summed E-state index contributed by atoms with van der Waals surface area (Å²) in [6.45, 7) is 9.53. The molecule has 94 valence electrons. The molecule has 0 fully saturated rings. The Labute approximate surface area is 99.4 Å². The van der Waals surface area contributed by atoms with E-state index >= 15 is 0 Å². The van der Waals surface area contributed by atoms with E-state index in [0.717, 1.165) is 18.2 Å². The molecule has 0 aromatic rings. The summed E-state index contributed by atoms with van der Waals surface area (Å²) >= 11 is 0. The number of primary amides is 1. The van der Waals surface area contributed by atoms with Crippen LogP contribution in [-0.2, 0) is 23.9 Å². The Balaban J connectivity index is 0. The Morgan fingerprint density at radius 1 is 0.882 bits per heavy atom. The third kappa shape index (κ3) is 16.3. The molecule has 0 atom stereocenters. The molecule has 0 aliphatic carbocycles. The van der Waals surface area contributed by atoms with Crippen molar-refractivity contribution in [1.82, 2.24) is 0 Å². The largest absolute Gasteiger partial charge is 0.459 e. The van der Waals surface area contributed by atoms with Gasteiger partial charge in [-0.05, 0) is 6.08 Å². The summed E-state index contributed by atoms with van der Waals surface area (Å²) in [5.41, 5.74) is 4.53. The van der Waals surface area contributed by atoms with Gasteiger partial charge in [-0.15, -0.1) is 0 Å². The Morgan fingerprint density at radius 3 is 1.35 bits per heavy atom. The van der Waals surface area contributed by atoms with Gasteiger partial charge >= 0.3 is 11.9 Å². The second kappa shape index (κ2) is 11.7. The highest BCUT2D eigenvalue weighted by atomic mass is 16.6. The van der Waals surface area contributed by atoms with Gasteiger partial charge in [0.2, 0.25) is 5.91 Å². The zero-order valence-electron chi connectivity index (χ0n) is 9.39. The summed E-state index contributed by atoms with van der Waals surface area (Å²) in [5, 5.41) is 0. The number of esters is 2. The van der Waals surface area contributed by atoms with Gasteiger partial charge in [0.25, 0.3) is 0 Å². The first-order chi connectivity index (χ1) is 7.97. The van der Waals surface area contributed by atoms with E-state index in [1.165, 1.54) is 0 Å². The molecule has 6 heteroatoms. The van der Waals surface area contributed by atoms with E-state index in [1.807, 2.05) is 0 Å². The fraction of sp³-hybridized carbons (Fsp3) is 0.182. The van der Waals surface area contributed by atoms with Crippen LogP contribution in [-0.4, -0.2) is 31.1 Å². The number of ether oxygens (including phenoxy) is 2. The Bertz CT molecular complexity index is 287. The first kappa shape index (κ1) is 17.0. The minimum atomic E-state index is -0.537. The van der Waals surface area contributed by atoms with Gasteiger partial charge in [0.05, 0.1) is 0 Å². The van der Waals surface area contributed by atoms with E-state index < -0.39 is 17.8 Å². The lowest BCUT2D eigenvalue weighted by Gasteiger charge is -2.01. The second-order valence-electron chi connectivity index (χ2n) is 2.35. The van der Waals surface area contributed by atoms with E-state index in [9.17, 15) is 14.4 Å². The van der Waals surface area contributed by atoms with Crippen LogP contribution in [0.3, 0.4) is 0 Å². The van der Waals surface area contributed by atoms with Crippen molar-refractivity contribution in [2.75, 3.05) is 13.2 Å². The highest BCUT2D eigenvalue weighted by molar-refractivity contribution is 5.85. The first-order valence-corrected chi connectivity index (χ1v) is 4.48. The maximum atomic E-state index is 10.4. The fourth-order valence-electron chi connectivity index (χ4n) is 0.402. The highest BCUT2D eigenvalue weighted by Gasteiger charge is 1.97. The average Bonchev–Trinajstić information content (AvgIpc) is 2.34. The second-order valence-corrected chi connectivity index (χ2v) is 2.35. The molecule has 0 aromatic carbocycles. The van der Waals surface area contributed by atoms with Crippen molar-refractivity contribution in [3.63, 3.8) is 0 Å². The van der Waals surface area contributed by atoms with Crippen LogP contribution in [0.1, 0.15) is 0 Å². The Hall–Kier alpha value is -2.37. The molecule has 0 rings (SSSR count). The molecule has 0 unspecified atom stereocenters. The number of hydrogen-bond acceptors (Lipinski definition) is 5. The summed E-state index contributed by atoms with van der Waals surface area (Å²) < 4.78 is 9.04. The molecule has 0 aliphatic heterocycles. The number of carbonyl (C=O) groups is 3. The SMILES string of the molecule is C=CC(=O)OCCOC(=O)C=C.C=CC(N)=O. The van der Waals surface area contributed by atoms with Crippen LogP contribution in [0.15, 0.2) is 38.0 Å². The lowest BCUT2D eigenvalue weighted by molar-refractivity contribution is -0.146. The molecule has 0 spiro atoms. The maximum absolute atomic E-state index is 10.4. The Kier molecular flexibility index (Phi) is 11.7. The van der Waals surface area contributed by atoms with Crippen molar-refractivity contribution in [3.8, 4) is 0 Å². The van der Waals surface area contributed by atoms with E-state index in [1.54, 1.807) is 0 Å². The first-order valence-electron chi connectivity index (χ1n) is 4.48. The van der Waals surface area contributed by atoms with Crippen LogP contribution in [0.5, 0.6) is 0 Å². The van der Waals surface area contributed by atoms with Gasteiger partial charge in [-0.1, -0.05) is 19.7 Å². The average molecular weight is 241 g/mol. The fourth-order valence-corrected chi connectivity index (χ4v) is 0.402. The quantitative estimate of drug-likeness (QED) is 0.404. The van der Waals surface area contributed by atoms with Gasteiger partial charge in [0.1, 0.15) is 13.2 Å². The molecule has 0 aromatic heterocycles. The molecular weight excluding hydrogens is 226 g/mol. The van der Waals surface area contributed by atoms with Crippen molar-refractivity contribution in [2.24, 2.45) is 5.73 Å². The van der Waals surface area contributed by atoms with Crippen molar-refractivity contribution < 1.29 is 23.9 Å². The van der Waals surface area contributed by atoms with Crippen molar-refractivity contribution in [3.05, 3.63) is 38.0 Å². The summed E-state index contributed by atoms with van der Waals surface area (Å²) in [6.07, 6.45) is 3.13. The molecule has 2 N–H and O–H groups in total. The number of carbonyl (C=O) groups excluding carboxylic acids is 3. The molecular formula is C11H15NO5. The lowest BCUT2D eigenvalue weighted by atomic mass is 10.6. The zero-order chi connectivity index (χ0) is 13.7. The van der Waals surface area contributed by atoms with Crippen LogP contribution < -0.4 is 5.73 Å². The summed E-state index contributed by atoms with van der Waals surface area (Å²) in [6, 6.07) is 0. The van der Waals surface area contributed by atoms with Gasteiger partial charge in [-0.3, -0.25) is 4.79 Å². The molecule has 0 heterocycles. The van der Waals surface area contributed by atoms with Gasteiger partial charge in [0, 0.05) is 12.2 Å². The van der Waals surface area contributed by atoms with Gasteiger partial charge in [0.15, 0.2) is 0 Å². The summed E-state index contributed by atoms with van der Waals surface area (Å²) in [7, 11) is 0. The van der Waals surface area contributed by atoms with Crippen LogP contribution in [0.25, 0.3) is 0 Å². The normalized spacial score (nSPS) is 7.76. The van der Waals surface area contributed by atoms with E-state index in [0.29, 0.717) is 0 Å². The van der Waals surface area contributed by atoms with Crippen LogP contribution >= 0.6 is 0 Å². The predicted octanol–water partition coefficient (Wildman–Crippen LogP) is 0.102. The maximum Gasteiger partial charge on any atom is 0.330 e. The van der Waals surface area contributed by atoms with Gasteiger partial charge in [-0.2, -0.15) is 0 Å². The van der Waals surface area contributed by atoms with Crippen LogP contribution in [0.2, 0.25) is 0 Å². The number of rotatable bonds is 6. The number of hydrogen-bond donors (Lipinski definition) is 1. The minimum absolute atomic E-state index is 0.0322. The van der Waals surface area contributed by atoms with Crippen molar-refractivity contribution in [2.45, 2.75) is 0 Å². The third-order valence-electron chi connectivity index (χ3n) is 1.11. The summed E-state index contributed by atoms with van der Waals surface area (Å²) in [5.74, 6) is -1.56. The van der Waals surface area contributed by atoms with E-state index in [4.69, 9.17) is 0 Å². The third-order valence-corrected chi connectivity index (χ3v) is 1.11. The number of nitrogens with two attached hydrogens (primary N) is 1. The molecule has 6 nitrogen and oxygen atoms in total. The summed E-state index contributed by atoms with van der Waals surface area (Å²) in [4.78, 5) is 30.3. The molecule has 0 saturated heterocycles. The minimum Gasteiger partial charge on any atom is -0.459 e. The number of amides is 1. The van der Waals surface area contributed by atoms with Gasteiger partial charge in [-0.25, -0.2) is 9.59 Å². The lowest BCUT2D eigenvalue weighted by Crippen LogP contribution is -2.10. The molecule has 0 radical (unpaired) electrons. The Morgan fingerprint density at radius 2 is 1.18 bits per heavy atom. The monoisotopic (exact) mass is 241 g/mol. The zero-order valence-corrected chi connectivity index (χ0v) is 9.39. The predicted molar refractivity (Wildman–Crippen MR) is 61.7 cm³/mol. The van der Waals surface area contributed by atoms with Crippen molar-refractivity contribution in [1.29, 1.82) is 0 Å². The van der Waals surface area contributed by atoms with Crippen LogP contribution in [0.4, 0.5) is 0 Å². The molecule has 0 bridgehead atoms. The molecule has 17 heavy (non-hydrogen) atoms. The molecule has 0 aliphatic rings. The molecule has 1 amide bonds. The smallest absolute Gasteiger partial charge is 0.330 e. The van der Waals surface area contributed by atoms with Crippen LogP contribution in [0, 0.1) is 0 Å². The standard InChI is InChI=1S/C8H10O4.C3H5NO/c1-3-7(9)11-5-6-12-8(10)4-2;1-2-3(4)5/h3-4H,1-2,5-6H2;2H,1H2,(H2,4,5). The molecule has 0 saturated carbocycles.